The van der Waals surface area contributed by atoms with Crippen LogP contribution >= 0.6 is 12.2 Å². The molecule has 0 heterocycles. The molecule has 0 unspecified atom stereocenters. The fourth-order valence-corrected chi connectivity index (χ4v) is 2.61. The standard InChI is InChI=1S/C20H26N2O2S/c1-5-23-18-8-6-7-17(12-18)22-20(25)21-16(4)13-24-19-10-9-14(2)15(3)11-19/h6-12,16H,5,13H2,1-4H3,(H2,21,22,25)/t16-/m1/s1. The number of anilines is 1. The normalized spacial score (nSPS) is 11.5. The van der Waals surface area contributed by atoms with E-state index in [2.05, 4.69) is 36.6 Å². The fraction of sp³-hybridized carbons (Fsp3) is 0.350. The molecule has 0 saturated carbocycles. The zero-order chi connectivity index (χ0) is 18.2. The van der Waals surface area contributed by atoms with E-state index >= 15 is 0 Å². The molecule has 134 valence electrons. The average Bonchev–Trinajstić information content (AvgIpc) is 2.56. The van der Waals surface area contributed by atoms with Gasteiger partial charge in [0.2, 0.25) is 0 Å². The van der Waals surface area contributed by atoms with Crippen molar-refractivity contribution in [3.05, 3.63) is 53.6 Å². The van der Waals surface area contributed by atoms with Gasteiger partial charge in [0, 0.05) is 11.8 Å². The third kappa shape index (κ3) is 6.27. The van der Waals surface area contributed by atoms with Crippen molar-refractivity contribution in [2.45, 2.75) is 33.7 Å². The van der Waals surface area contributed by atoms with Gasteiger partial charge in [-0.3, -0.25) is 0 Å². The Morgan fingerprint density at radius 1 is 1.04 bits per heavy atom. The van der Waals surface area contributed by atoms with Gasteiger partial charge in [-0.15, -0.1) is 0 Å². The molecule has 0 bridgehead atoms. The van der Waals surface area contributed by atoms with E-state index in [-0.39, 0.29) is 6.04 Å². The lowest BCUT2D eigenvalue weighted by Crippen LogP contribution is -2.39. The minimum atomic E-state index is 0.0803. The smallest absolute Gasteiger partial charge is 0.171 e. The van der Waals surface area contributed by atoms with Crippen LogP contribution in [0.3, 0.4) is 0 Å². The maximum atomic E-state index is 5.84. The summed E-state index contributed by atoms with van der Waals surface area (Å²) in [7, 11) is 0. The van der Waals surface area contributed by atoms with E-state index in [9.17, 15) is 0 Å². The zero-order valence-electron chi connectivity index (χ0n) is 15.3. The van der Waals surface area contributed by atoms with E-state index < -0.39 is 0 Å². The van der Waals surface area contributed by atoms with Crippen molar-refractivity contribution in [2.24, 2.45) is 0 Å². The quantitative estimate of drug-likeness (QED) is 0.716. The Labute approximate surface area is 155 Å². The van der Waals surface area contributed by atoms with Crippen LogP contribution in [0.15, 0.2) is 42.5 Å². The van der Waals surface area contributed by atoms with Gasteiger partial charge in [-0.2, -0.15) is 0 Å². The molecule has 4 nitrogen and oxygen atoms in total. The predicted molar refractivity (Wildman–Crippen MR) is 108 cm³/mol. The number of hydrogen-bond donors (Lipinski definition) is 2. The molecule has 0 aromatic heterocycles. The number of thiocarbonyl (C=S) groups is 1. The Morgan fingerprint density at radius 3 is 2.52 bits per heavy atom. The number of benzene rings is 2. The molecular formula is C20H26N2O2S. The van der Waals surface area contributed by atoms with Crippen LogP contribution in [0.4, 0.5) is 5.69 Å². The van der Waals surface area contributed by atoms with Crippen LogP contribution in [0.1, 0.15) is 25.0 Å². The molecule has 1 atom stereocenters. The highest BCUT2D eigenvalue weighted by Gasteiger charge is 2.07. The van der Waals surface area contributed by atoms with E-state index in [0.717, 1.165) is 17.2 Å². The van der Waals surface area contributed by atoms with Crippen molar-refractivity contribution in [2.75, 3.05) is 18.5 Å². The first-order valence-electron chi connectivity index (χ1n) is 8.48. The van der Waals surface area contributed by atoms with E-state index in [0.29, 0.717) is 18.3 Å². The summed E-state index contributed by atoms with van der Waals surface area (Å²) in [4.78, 5) is 0. The average molecular weight is 359 g/mol. The topological polar surface area (TPSA) is 42.5 Å². The van der Waals surface area contributed by atoms with E-state index in [1.54, 1.807) is 0 Å². The first-order chi connectivity index (χ1) is 12.0. The molecule has 0 amide bonds. The van der Waals surface area contributed by atoms with Crippen LogP contribution in [-0.2, 0) is 0 Å². The van der Waals surface area contributed by atoms with Gasteiger partial charge in [-0.05, 0) is 75.3 Å². The molecule has 0 aliphatic rings. The monoisotopic (exact) mass is 358 g/mol. The Morgan fingerprint density at radius 2 is 1.80 bits per heavy atom. The minimum Gasteiger partial charge on any atom is -0.494 e. The van der Waals surface area contributed by atoms with Gasteiger partial charge in [0.25, 0.3) is 0 Å². The maximum absolute atomic E-state index is 5.84. The lowest BCUT2D eigenvalue weighted by molar-refractivity contribution is 0.287. The molecule has 0 radical (unpaired) electrons. The van der Waals surface area contributed by atoms with Crippen LogP contribution in [0.25, 0.3) is 0 Å². The second-order valence-corrected chi connectivity index (χ2v) is 6.43. The molecule has 2 aromatic rings. The Hall–Kier alpha value is -2.27. The lowest BCUT2D eigenvalue weighted by atomic mass is 10.1. The fourth-order valence-electron chi connectivity index (χ4n) is 2.29. The molecule has 2 rings (SSSR count). The Kier molecular flexibility index (Phi) is 7.07. The van der Waals surface area contributed by atoms with E-state index in [4.69, 9.17) is 21.7 Å². The van der Waals surface area contributed by atoms with Gasteiger partial charge in [-0.25, -0.2) is 0 Å². The molecule has 0 saturated heterocycles. The summed E-state index contributed by atoms with van der Waals surface area (Å²) in [6, 6.07) is 13.9. The largest absolute Gasteiger partial charge is 0.494 e. The van der Waals surface area contributed by atoms with Crippen molar-refractivity contribution < 1.29 is 9.47 Å². The van der Waals surface area contributed by atoms with Crippen molar-refractivity contribution in [3.63, 3.8) is 0 Å². The molecule has 2 aromatic carbocycles. The molecular weight excluding hydrogens is 332 g/mol. The maximum Gasteiger partial charge on any atom is 0.171 e. The third-order valence-electron chi connectivity index (χ3n) is 3.76. The second-order valence-electron chi connectivity index (χ2n) is 6.02. The number of ether oxygens (including phenoxy) is 2. The van der Waals surface area contributed by atoms with E-state index in [1.165, 1.54) is 11.1 Å². The molecule has 2 N–H and O–H groups in total. The zero-order valence-corrected chi connectivity index (χ0v) is 16.1. The van der Waals surface area contributed by atoms with Crippen LogP contribution < -0.4 is 20.1 Å². The molecule has 5 heteroatoms. The minimum absolute atomic E-state index is 0.0803. The lowest BCUT2D eigenvalue weighted by Gasteiger charge is -2.18. The van der Waals surface area contributed by atoms with Crippen LogP contribution in [0.2, 0.25) is 0 Å². The molecule has 0 fully saturated rings. The second kappa shape index (κ2) is 9.28. The summed E-state index contributed by atoms with van der Waals surface area (Å²) in [5, 5.41) is 6.96. The number of nitrogens with one attached hydrogen (secondary N) is 2. The van der Waals surface area contributed by atoms with Gasteiger partial charge in [-0.1, -0.05) is 12.1 Å². The Balaban J connectivity index is 1.81. The van der Waals surface area contributed by atoms with Gasteiger partial charge < -0.3 is 20.1 Å². The highest BCUT2D eigenvalue weighted by Crippen LogP contribution is 2.18. The molecule has 0 spiro atoms. The number of rotatable bonds is 7. The summed E-state index contributed by atoms with van der Waals surface area (Å²) in [5.74, 6) is 1.70. The third-order valence-corrected chi connectivity index (χ3v) is 3.98. The van der Waals surface area contributed by atoms with Crippen molar-refractivity contribution in [1.82, 2.24) is 5.32 Å². The summed E-state index contributed by atoms with van der Waals surface area (Å²) >= 11 is 5.37. The van der Waals surface area contributed by atoms with Crippen LogP contribution in [-0.4, -0.2) is 24.4 Å². The SMILES string of the molecule is CCOc1cccc(NC(=S)N[C@H](C)COc2ccc(C)c(C)c2)c1. The highest BCUT2D eigenvalue weighted by molar-refractivity contribution is 7.80. The highest BCUT2D eigenvalue weighted by atomic mass is 32.1. The molecule has 0 aliphatic heterocycles. The van der Waals surface area contributed by atoms with Crippen molar-refractivity contribution >= 4 is 23.0 Å². The van der Waals surface area contributed by atoms with Gasteiger partial charge in [0.1, 0.15) is 18.1 Å². The van der Waals surface area contributed by atoms with E-state index in [1.807, 2.05) is 44.2 Å². The number of aryl methyl sites for hydroxylation is 2. The van der Waals surface area contributed by atoms with Crippen LogP contribution in [0, 0.1) is 13.8 Å². The van der Waals surface area contributed by atoms with Gasteiger partial charge in [0.15, 0.2) is 5.11 Å². The Bertz CT molecular complexity index is 719. The molecule has 25 heavy (non-hydrogen) atoms. The first kappa shape index (κ1) is 19.1. The van der Waals surface area contributed by atoms with Gasteiger partial charge in [0.05, 0.1) is 12.6 Å². The summed E-state index contributed by atoms with van der Waals surface area (Å²) in [6.07, 6.45) is 0. The summed E-state index contributed by atoms with van der Waals surface area (Å²) < 4.78 is 11.3. The predicted octanol–water partition coefficient (Wildman–Crippen LogP) is 4.46. The number of hydrogen-bond acceptors (Lipinski definition) is 3. The van der Waals surface area contributed by atoms with Crippen molar-refractivity contribution in [1.29, 1.82) is 0 Å². The molecule has 0 aliphatic carbocycles. The first-order valence-corrected chi connectivity index (χ1v) is 8.89. The summed E-state index contributed by atoms with van der Waals surface area (Å²) in [6.45, 7) is 9.34. The summed E-state index contributed by atoms with van der Waals surface area (Å²) in [5.41, 5.74) is 3.38. The van der Waals surface area contributed by atoms with Gasteiger partial charge >= 0.3 is 0 Å². The van der Waals surface area contributed by atoms with Crippen LogP contribution in [0.5, 0.6) is 11.5 Å². The van der Waals surface area contributed by atoms with Crippen molar-refractivity contribution in [3.8, 4) is 11.5 Å².